The lowest BCUT2D eigenvalue weighted by Gasteiger charge is -2.14. The van der Waals surface area contributed by atoms with Gasteiger partial charge in [-0.2, -0.15) is 0 Å². The number of rotatable bonds is 10. The van der Waals surface area contributed by atoms with Crippen molar-refractivity contribution < 1.29 is 18.9 Å². The smallest absolute Gasteiger partial charge is 0.231 e. The maximum Gasteiger partial charge on any atom is 0.231 e. The molecule has 4 aromatic heterocycles. The number of nitrogen functional groups attached to an aromatic ring is 1. The summed E-state index contributed by atoms with van der Waals surface area (Å²) in [6.07, 6.45) is 4.93. The van der Waals surface area contributed by atoms with Crippen LogP contribution >= 0.6 is 55.4 Å². The summed E-state index contributed by atoms with van der Waals surface area (Å²) in [6, 6.07) is 16.6. The number of aryl methyl sites for hydroxylation is 8. The van der Waals surface area contributed by atoms with Crippen LogP contribution in [0.3, 0.4) is 0 Å². The fourth-order valence-corrected chi connectivity index (χ4v) is 11.1. The van der Waals surface area contributed by atoms with E-state index in [1.807, 2.05) is 28.8 Å². The molecule has 0 amide bonds. The number of imidazole rings is 2. The molecule has 0 saturated heterocycles. The number of nitrogens with zero attached hydrogens (tertiary/aromatic N) is 7. The average Bonchev–Trinajstić information content (AvgIpc) is 4.06. The number of aromatic amines is 1. The second-order valence-corrected chi connectivity index (χ2v) is 19.5. The molecular formula is C46H44Br2N10O4S2. The van der Waals surface area contributed by atoms with Gasteiger partial charge in [0.05, 0.1) is 6.33 Å². The molecule has 0 bridgehead atoms. The highest BCUT2D eigenvalue weighted by atomic mass is 79.9. The van der Waals surface area contributed by atoms with Crippen LogP contribution in [-0.2, 0) is 25.9 Å². The molecule has 0 atom stereocenters. The number of benzene rings is 4. The zero-order valence-corrected chi connectivity index (χ0v) is 40.7. The van der Waals surface area contributed by atoms with Gasteiger partial charge in [-0.1, -0.05) is 58.9 Å². The van der Waals surface area contributed by atoms with Gasteiger partial charge in [0.15, 0.2) is 61.4 Å². The highest BCUT2D eigenvalue weighted by Gasteiger charge is 2.22. The van der Waals surface area contributed by atoms with Crippen molar-refractivity contribution in [3.8, 4) is 23.0 Å². The lowest BCUT2D eigenvalue weighted by Crippen LogP contribution is -2.14. The maximum atomic E-state index is 8.23. The Morgan fingerprint density at radius 2 is 1.20 bits per heavy atom. The monoisotopic (exact) mass is 1020 g/mol. The average molecular weight is 1020 g/mol. The Hall–Kier alpha value is -5.56. The van der Waals surface area contributed by atoms with Crippen LogP contribution in [0, 0.1) is 47.0 Å². The summed E-state index contributed by atoms with van der Waals surface area (Å²) in [6.45, 7) is 14.8. The summed E-state index contributed by atoms with van der Waals surface area (Å²) in [5.74, 6) is 3.28. The van der Waals surface area contributed by atoms with Gasteiger partial charge in [-0.3, -0.25) is 5.41 Å². The minimum atomic E-state index is 0.183. The fourth-order valence-electron chi connectivity index (χ4n) is 8.21. The van der Waals surface area contributed by atoms with Crippen molar-refractivity contribution in [2.24, 2.45) is 0 Å². The summed E-state index contributed by atoms with van der Waals surface area (Å²) in [5.41, 5.74) is 19.5. The Kier molecular flexibility index (Phi) is 12.4. The standard InChI is InChI=1S/2C23H22BrN5O2S/c1-12-6-13(2)15(14(3)7-12)4-5-29-10-26-21(25)20-22(29)28-23(27-20)32-19-9-18-17(8-16(19)24)30-11-31-18;1-12-6-13(2)15(14(3)7-12)4-5-29-22-20(21(25)26-10-27-22)28-23(29)32-19-9-18-17(8-16(19)24)30-11-31-18/h6-10,25H,4-5,11H2,1-3H3,(H,27,28);6-10H,4-5,11H2,1-3H3,(H2,25,26,27). The Morgan fingerprint density at radius 3 is 1.78 bits per heavy atom. The van der Waals surface area contributed by atoms with Crippen LogP contribution in [0.25, 0.3) is 22.3 Å². The summed E-state index contributed by atoms with van der Waals surface area (Å²) >= 11 is 10.2. The van der Waals surface area contributed by atoms with E-state index in [0.717, 1.165) is 78.4 Å². The van der Waals surface area contributed by atoms with Gasteiger partial charge in [0.25, 0.3) is 0 Å². The predicted molar refractivity (Wildman–Crippen MR) is 255 cm³/mol. The van der Waals surface area contributed by atoms with E-state index in [-0.39, 0.29) is 19.1 Å². The molecule has 0 aliphatic carbocycles. The van der Waals surface area contributed by atoms with Crippen molar-refractivity contribution in [1.29, 1.82) is 5.41 Å². The summed E-state index contributed by atoms with van der Waals surface area (Å²) in [7, 11) is 0. The van der Waals surface area contributed by atoms with Crippen LogP contribution in [0.15, 0.2) is 90.2 Å². The SMILES string of the molecule is Cc1cc(C)c(CCn2c(Sc3cc4c(cc3Br)OCO4)nc3c(N)ncnc32)c(C)c1.Cc1cc(C)c(CCn2cnc(=N)c3[nH]c(Sc4cc5c(cc4Br)OCO5)nc32)c(C)c1. The van der Waals surface area contributed by atoms with Gasteiger partial charge in [-0.25, -0.2) is 24.9 Å². The number of halogens is 2. The molecule has 18 heteroatoms. The topological polar surface area (TPSA) is 177 Å². The van der Waals surface area contributed by atoms with E-state index < -0.39 is 0 Å². The van der Waals surface area contributed by atoms with Crippen molar-refractivity contribution in [3.05, 3.63) is 120 Å². The van der Waals surface area contributed by atoms with Gasteiger partial charge in [-0.15, -0.1) is 0 Å². The molecule has 2 aliphatic heterocycles. The van der Waals surface area contributed by atoms with E-state index in [0.29, 0.717) is 27.8 Å². The lowest BCUT2D eigenvalue weighted by atomic mass is 9.97. The second kappa shape index (κ2) is 18.1. The van der Waals surface area contributed by atoms with E-state index in [1.165, 1.54) is 74.4 Å². The van der Waals surface area contributed by atoms with Crippen LogP contribution in [0.5, 0.6) is 23.0 Å². The number of fused-ring (bicyclic) bond motifs is 4. The highest BCUT2D eigenvalue weighted by molar-refractivity contribution is 9.10. The van der Waals surface area contributed by atoms with Crippen molar-refractivity contribution in [2.75, 3.05) is 19.3 Å². The van der Waals surface area contributed by atoms with E-state index in [9.17, 15) is 0 Å². The zero-order chi connectivity index (χ0) is 44.8. The quantitative estimate of drug-likeness (QED) is 0.118. The van der Waals surface area contributed by atoms with Gasteiger partial charge >= 0.3 is 0 Å². The van der Waals surface area contributed by atoms with Crippen LogP contribution in [0.2, 0.25) is 0 Å². The maximum absolute atomic E-state index is 8.23. The third-order valence-electron chi connectivity index (χ3n) is 11.2. The number of nitrogens with one attached hydrogen (secondary N) is 2. The number of nitrogens with two attached hydrogens (primary N) is 1. The van der Waals surface area contributed by atoms with E-state index in [4.69, 9.17) is 40.1 Å². The van der Waals surface area contributed by atoms with Gasteiger partial charge in [0, 0.05) is 31.8 Å². The number of aromatic nitrogens is 8. The molecule has 328 valence electrons. The third kappa shape index (κ3) is 8.92. The second-order valence-electron chi connectivity index (χ2n) is 15.7. The Bertz CT molecular complexity index is 3140. The van der Waals surface area contributed by atoms with E-state index in [2.05, 4.69) is 122 Å². The predicted octanol–water partition coefficient (Wildman–Crippen LogP) is 10.3. The van der Waals surface area contributed by atoms with E-state index in [1.54, 1.807) is 6.33 Å². The van der Waals surface area contributed by atoms with Gasteiger partial charge in [0.1, 0.15) is 11.8 Å². The van der Waals surface area contributed by atoms with Crippen LogP contribution in [0.1, 0.15) is 44.5 Å². The minimum absolute atomic E-state index is 0.183. The number of H-pyrrole nitrogens is 1. The molecular weight excluding hydrogens is 981 g/mol. The summed E-state index contributed by atoms with van der Waals surface area (Å²) in [4.78, 5) is 27.7. The normalized spacial score (nSPS) is 12.6. The first-order valence-corrected chi connectivity index (χ1v) is 23.7. The molecule has 0 saturated carbocycles. The van der Waals surface area contributed by atoms with Crippen molar-refractivity contribution in [3.63, 3.8) is 0 Å². The molecule has 4 N–H and O–H groups in total. The lowest BCUT2D eigenvalue weighted by molar-refractivity contribution is 0.173. The largest absolute Gasteiger partial charge is 0.454 e. The Balaban J connectivity index is 0.000000162. The molecule has 2 aliphatic rings. The first-order valence-electron chi connectivity index (χ1n) is 20.4. The number of anilines is 1. The zero-order valence-electron chi connectivity index (χ0n) is 35.9. The third-order valence-corrected chi connectivity index (χ3v) is 15.0. The molecule has 0 spiro atoms. The van der Waals surface area contributed by atoms with Crippen molar-refractivity contribution in [2.45, 2.75) is 87.6 Å². The molecule has 64 heavy (non-hydrogen) atoms. The highest BCUT2D eigenvalue weighted by Crippen LogP contribution is 2.44. The number of hydrogen-bond donors (Lipinski definition) is 3. The number of ether oxygens (including phenoxy) is 4. The molecule has 6 heterocycles. The molecule has 0 fully saturated rings. The molecule has 14 nitrogen and oxygen atoms in total. The van der Waals surface area contributed by atoms with Crippen LogP contribution in [-0.4, -0.2) is 52.6 Å². The molecule has 8 aromatic rings. The van der Waals surface area contributed by atoms with Crippen LogP contribution < -0.4 is 30.2 Å². The molecule has 10 rings (SSSR count). The van der Waals surface area contributed by atoms with Crippen molar-refractivity contribution >= 4 is 83.5 Å². The van der Waals surface area contributed by atoms with Gasteiger partial charge in [0.2, 0.25) is 13.6 Å². The fraction of sp³-hybridized carbons (Fsp3) is 0.261. The van der Waals surface area contributed by atoms with E-state index >= 15 is 0 Å². The van der Waals surface area contributed by atoms with Crippen LogP contribution in [0.4, 0.5) is 5.82 Å². The Labute approximate surface area is 394 Å². The first-order chi connectivity index (χ1) is 30.8. The first kappa shape index (κ1) is 43.7. The molecule has 4 aromatic carbocycles. The number of hydrogen-bond acceptors (Lipinski definition) is 13. The summed E-state index contributed by atoms with van der Waals surface area (Å²) < 4.78 is 27.9. The van der Waals surface area contributed by atoms with Crippen molar-refractivity contribution in [1.82, 2.24) is 39.0 Å². The molecule has 0 unspecified atom stereocenters. The Morgan fingerprint density at radius 1 is 0.672 bits per heavy atom. The summed E-state index contributed by atoms with van der Waals surface area (Å²) in [5, 5.41) is 9.73. The molecule has 0 radical (unpaired) electrons. The van der Waals surface area contributed by atoms with Gasteiger partial charge < -0.3 is 38.8 Å². The minimum Gasteiger partial charge on any atom is -0.454 e. The van der Waals surface area contributed by atoms with Gasteiger partial charge in [-0.05, 0) is 144 Å².